The zero-order valence-electron chi connectivity index (χ0n) is 26.7. The van der Waals surface area contributed by atoms with Gasteiger partial charge in [-0.25, -0.2) is 5.48 Å². The maximum Gasteiger partial charge on any atom is 0.243 e. The second-order valence-corrected chi connectivity index (χ2v) is 12.0. The van der Waals surface area contributed by atoms with Gasteiger partial charge in [-0.15, -0.1) is 0 Å². The van der Waals surface area contributed by atoms with Crippen molar-refractivity contribution in [3.05, 3.63) is 101 Å². The Labute approximate surface area is 271 Å². The molecule has 1 fully saturated rings. The maximum atomic E-state index is 12.7. The number of ether oxygens (including phenoxy) is 2. The molecule has 46 heavy (non-hydrogen) atoms. The number of hydrogen-bond acceptors (Lipinski definition) is 8. The molecule has 0 saturated carbocycles. The van der Waals surface area contributed by atoms with Crippen LogP contribution in [-0.4, -0.2) is 57.9 Å². The summed E-state index contributed by atoms with van der Waals surface area (Å²) in [6.07, 6.45) is 2.39. The summed E-state index contributed by atoms with van der Waals surface area (Å²) in [5, 5.41) is 32.1. The number of hydroxylamine groups is 1. The Balaban J connectivity index is 1.41. The second-order valence-electron chi connectivity index (χ2n) is 12.0. The van der Waals surface area contributed by atoms with Crippen molar-refractivity contribution >= 4 is 17.5 Å². The molecule has 5 N–H and O–H groups in total. The molecule has 1 aliphatic rings. The van der Waals surface area contributed by atoms with E-state index in [0.717, 1.165) is 35.1 Å². The summed E-state index contributed by atoms with van der Waals surface area (Å²) in [4.78, 5) is 25.9. The first kappa shape index (κ1) is 35.2. The standard InChI is InChI=1S/C36H47N3O7/c1-25(35(43)28-11-6-5-7-12-28)39(2)23-31-22-32(27-19-17-26(24-40)18-20-27)46-36(45-31)29-13-10-14-30(21-29)37-33(41)15-8-3-4-9-16-34(42)38-44/h5-7,10-14,17-21,25,31-32,35-36,40,43-44H,3-4,8-9,15-16,22-24H2,1-2H3,(H,37,41)(H,38,42)/t25-,31+,32-,35-,36-/m1/s1. The van der Waals surface area contributed by atoms with Crippen LogP contribution in [0.2, 0.25) is 0 Å². The lowest BCUT2D eigenvalue weighted by atomic mass is 9.98. The number of carbonyl (C=O) groups excluding carboxylic acids is 2. The number of benzene rings is 3. The minimum absolute atomic E-state index is 0.0333. The van der Waals surface area contributed by atoms with E-state index in [9.17, 15) is 19.8 Å². The van der Waals surface area contributed by atoms with Gasteiger partial charge in [0.05, 0.1) is 24.9 Å². The SMILES string of the molecule is C[C@H]([C@@H](O)c1ccccc1)N(C)C[C@@H]1C[C@H](c2ccc(CO)cc2)O[C@H](c2cccc(NC(=O)CCCCCCC(=O)NO)c2)O1. The van der Waals surface area contributed by atoms with Crippen LogP contribution in [0, 0.1) is 0 Å². The van der Waals surface area contributed by atoms with E-state index in [1.54, 1.807) is 5.48 Å². The zero-order valence-corrected chi connectivity index (χ0v) is 26.7. The molecule has 10 heteroatoms. The fraction of sp³-hybridized carbons (Fsp3) is 0.444. The molecule has 1 aliphatic heterocycles. The van der Waals surface area contributed by atoms with Gasteiger partial charge in [-0.2, -0.15) is 0 Å². The molecule has 3 aromatic carbocycles. The number of carbonyl (C=O) groups is 2. The number of aliphatic hydroxyl groups excluding tert-OH is 2. The van der Waals surface area contributed by atoms with Crippen molar-refractivity contribution in [2.45, 2.75) is 89.1 Å². The highest BCUT2D eigenvalue weighted by atomic mass is 16.7. The highest BCUT2D eigenvalue weighted by molar-refractivity contribution is 5.90. The molecular formula is C36H47N3O7. The quantitative estimate of drug-likeness (QED) is 0.0785. The Morgan fingerprint density at radius 1 is 0.891 bits per heavy atom. The number of unbranched alkanes of at least 4 members (excludes halogenated alkanes) is 3. The molecule has 248 valence electrons. The number of likely N-dealkylation sites (N-methyl/N-ethyl adjacent to an activating group) is 1. The van der Waals surface area contributed by atoms with Gasteiger partial charge >= 0.3 is 0 Å². The van der Waals surface area contributed by atoms with Gasteiger partial charge < -0.3 is 25.0 Å². The molecule has 2 amide bonds. The van der Waals surface area contributed by atoms with E-state index in [1.807, 2.05) is 92.8 Å². The molecule has 4 rings (SSSR count). The van der Waals surface area contributed by atoms with Crippen molar-refractivity contribution in [1.82, 2.24) is 10.4 Å². The molecule has 5 atom stereocenters. The van der Waals surface area contributed by atoms with Crippen LogP contribution < -0.4 is 10.8 Å². The van der Waals surface area contributed by atoms with Gasteiger partial charge in [-0.3, -0.25) is 19.7 Å². The lowest BCUT2D eigenvalue weighted by molar-refractivity contribution is -0.253. The minimum Gasteiger partial charge on any atom is -0.392 e. The Bertz CT molecular complexity index is 1370. The topological polar surface area (TPSA) is 141 Å². The summed E-state index contributed by atoms with van der Waals surface area (Å²) in [5.74, 6) is -0.493. The van der Waals surface area contributed by atoms with E-state index in [4.69, 9.17) is 14.7 Å². The van der Waals surface area contributed by atoms with Gasteiger partial charge in [-0.05, 0) is 55.6 Å². The Morgan fingerprint density at radius 2 is 1.59 bits per heavy atom. The zero-order chi connectivity index (χ0) is 32.9. The number of anilines is 1. The molecule has 0 unspecified atom stereocenters. The van der Waals surface area contributed by atoms with E-state index in [1.165, 1.54) is 0 Å². The van der Waals surface area contributed by atoms with Gasteiger partial charge in [0.15, 0.2) is 6.29 Å². The highest BCUT2D eigenvalue weighted by Crippen LogP contribution is 2.39. The average molecular weight is 634 g/mol. The highest BCUT2D eigenvalue weighted by Gasteiger charge is 2.34. The van der Waals surface area contributed by atoms with Gasteiger partial charge in [-0.1, -0.05) is 79.6 Å². The number of rotatable bonds is 16. The van der Waals surface area contributed by atoms with Gasteiger partial charge in [0.25, 0.3) is 0 Å². The normalized spacial score (nSPS) is 19.4. The Hall–Kier alpha value is -3.64. The van der Waals surface area contributed by atoms with Crippen molar-refractivity contribution < 1.29 is 34.5 Å². The lowest BCUT2D eigenvalue weighted by Gasteiger charge is -2.39. The lowest BCUT2D eigenvalue weighted by Crippen LogP contribution is -2.43. The predicted octanol–water partition coefficient (Wildman–Crippen LogP) is 5.56. The summed E-state index contributed by atoms with van der Waals surface area (Å²) in [7, 11) is 1.98. The molecule has 3 aromatic rings. The maximum absolute atomic E-state index is 12.7. The molecule has 1 heterocycles. The number of nitrogens with zero attached hydrogens (tertiary/aromatic N) is 1. The second kappa shape index (κ2) is 17.9. The number of aliphatic hydroxyl groups is 2. The molecule has 10 nitrogen and oxygen atoms in total. The van der Waals surface area contributed by atoms with Crippen molar-refractivity contribution in [2.75, 3.05) is 18.9 Å². The summed E-state index contributed by atoms with van der Waals surface area (Å²) in [6, 6.07) is 24.7. The first-order valence-electron chi connectivity index (χ1n) is 16.0. The summed E-state index contributed by atoms with van der Waals surface area (Å²) >= 11 is 0. The van der Waals surface area contributed by atoms with Crippen LogP contribution in [0.25, 0.3) is 0 Å². The fourth-order valence-electron chi connectivity index (χ4n) is 5.66. The monoisotopic (exact) mass is 633 g/mol. The molecule has 0 spiro atoms. The Morgan fingerprint density at radius 3 is 2.26 bits per heavy atom. The smallest absolute Gasteiger partial charge is 0.243 e. The van der Waals surface area contributed by atoms with Crippen molar-refractivity contribution in [3.8, 4) is 0 Å². The van der Waals surface area contributed by atoms with Crippen molar-refractivity contribution in [2.24, 2.45) is 0 Å². The predicted molar refractivity (Wildman–Crippen MR) is 175 cm³/mol. The molecular weight excluding hydrogens is 586 g/mol. The largest absolute Gasteiger partial charge is 0.392 e. The molecule has 0 aliphatic carbocycles. The van der Waals surface area contributed by atoms with E-state index < -0.39 is 18.3 Å². The molecule has 0 radical (unpaired) electrons. The van der Waals surface area contributed by atoms with Gasteiger partial charge in [0.1, 0.15) is 0 Å². The number of nitrogens with one attached hydrogen (secondary N) is 2. The third-order valence-electron chi connectivity index (χ3n) is 8.52. The summed E-state index contributed by atoms with van der Waals surface area (Å²) in [6.45, 7) is 2.53. The van der Waals surface area contributed by atoms with Crippen LogP contribution >= 0.6 is 0 Å². The summed E-state index contributed by atoms with van der Waals surface area (Å²) < 4.78 is 13.0. The van der Waals surface area contributed by atoms with E-state index in [2.05, 4.69) is 10.2 Å². The first-order valence-corrected chi connectivity index (χ1v) is 16.0. The van der Waals surface area contributed by atoms with Crippen LogP contribution in [0.3, 0.4) is 0 Å². The minimum atomic E-state index is -0.683. The molecule has 1 saturated heterocycles. The van der Waals surface area contributed by atoms with Crippen LogP contribution in [0.5, 0.6) is 0 Å². The molecule has 0 aromatic heterocycles. The molecule has 0 bridgehead atoms. The van der Waals surface area contributed by atoms with Crippen molar-refractivity contribution in [1.29, 1.82) is 0 Å². The van der Waals surface area contributed by atoms with E-state index in [-0.39, 0.29) is 37.2 Å². The summed E-state index contributed by atoms with van der Waals surface area (Å²) in [5.41, 5.74) is 5.73. The number of amides is 2. The van der Waals surface area contributed by atoms with E-state index >= 15 is 0 Å². The third kappa shape index (κ3) is 10.4. The van der Waals surface area contributed by atoms with Crippen LogP contribution in [-0.2, 0) is 25.7 Å². The first-order chi connectivity index (χ1) is 22.3. The average Bonchev–Trinajstić information content (AvgIpc) is 3.09. The fourth-order valence-corrected chi connectivity index (χ4v) is 5.66. The van der Waals surface area contributed by atoms with Crippen LogP contribution in [0.1, 0.15) is 92.6 Å². The van der Waals surface area contributed by atoms with Crippen LogP contribution in [0.15, 0.2) is 78.9 Å². The Kier molecular flexibility index (Phi) is 13.7. The van der Waals surface area contributed by atoms with Crippen molar-refractivity contribution in [3.63, 3.8) is 0 Å². The van der Waals surface area contributed by atoms with Gasteiger partial charge in [0.2, 0.25) is 11.8 Å². The number of hydrogen-bond donors (Lipinski definition) is 5. The third-order valence-corrected chi connectivity index (χ3v) is 8.52. The van der Waals surface area contributed by atoms with Crippen LogP contribution in [0.4, 0.5) is 5.69 Å². The van der Waals surface area contributed by atoms with Gasteiger partial charge in [0, 0.05) is 43.1 Å². The van der Waals surface area contributed by atoms with E-state index in [0.29, 0.717) is 37.9 Å².